The van der Waals surface area contributed by atoms with Gasteiger partial charge in [-0.2, -0.15) is 0 Å². The summed E-state index contributed by atoms with van der Waals surface area (Å²) in [5.41, 5.74) is -0.580. The molecule has 1 atom stereocenters. The van der Waals surface area contributed by atoms with E-state index in [2.05, 4.69) is 0 Å². The predicted octanol–water partition coefficient (Wildman–Crippen LogP) is 1.35. The molecule has 0 heterocycles. The first-order chi connectivity index (χ1) is 5.98. The van der Waals surface area contributed by atoms with E-state index in [1.807, 2.05) is 0 Å². The number of hydrogen-bond acceptors (Lipinski definition) is 2. The van der Waals surface area contributed by atoms with Crippen LogP contribution in [0, 0.1) is 11.3 Å². The molecule has 0 aromatic heterocycles. The zero-order valence-corrected chi connectivity index (χ0v) is 7.62. The summed E-state index contributed by atoms with van der Waals surface area (Å²) in [4.78, 5) is 21.2. The molecule has 74 valence electrons. The summed E-state index contributed by atoms with van der Waals surface area (Å²) in [5.74, 6) is -2.05. The van der Waals surface area contributed by atoms with Gasteiger partial charge < -0.3 is 10.2 Å². The van der Waals surface area contributed by atoms with Crippen LogP contribution in [0.25, 0.3) is 0 Å². The summed E-state index contributed by atoms with van der Waals surface area (Å²) in [6.07, 6.45) is 2.36. The van der Waals surface area contributed by atoms with E-state index in [4.69, 9.17) is 10.2 Å². The third-order valence-electron chi connectivity index (χ3n) is 2.78. The van der Waals surface area contributed by atoms with Gasteiger partial charge in [-0.15, -0.1) is 0 Å². The lowest BCUT2D eigenvalue weighted by Gasteiger charge is -2.11. The summed E-state index contributed by atoms with van der Waals surface area (Å²) in [7, 11) is 0. The third kappa shape index (κ3) is 2.20. The number of aliphatic carboxylic acids is 2. The number of carbonyl (C=O) groups is 2. The van der Waals surface area contributed by atoms with Crippen molar-refractivity contribution in [1.29, 1.82) is 0 Å². The monoisotopic (exact) mass is 186 g/mol. The van der Waals surface area contributed by atoms with Crippen molar-refractivity contribution in [2.24, 2.45) is 11.3 Å². The van der Waals surface area contributed by atoms with Gasteiger partial charge >= 0.3 is 11.9 Å². The Morgan fingerprint density at radius 1 is 1.38 bits per heavy atom. The van der Waals surface area contributed by atoms with Crippen molar-refractivity contribution in [3.05, 3.63) is 0 Å². The van der Waals surface area contributed by atoms with Crippen LogP contribution in [0.15, 0.2) is 0 Å². The van der Waals surface area contributed by atoms with Crippen molar-refractivity contribution < 1.29 is 19.8 Å². The fraction of sp³-hybridized carbons (Fsp3) is 0.778. The molecule has 2 N–H and O–H groups in total. The highest BCUT2D eigenvalue weighted by atomic mass is 16.4. The quantitative estimate of drug-likeness (QED) is 0.679. The lowest BCUT2D eigenvalue weighted by Crippen LogP contribution is -2.18. The highest BCUT2D eigenvalue weighted by Gasteiger charge is 2.49. The van der Waals surface area contributed by atoms with Gasteiger partial charge in [0.25, 0.3) is 0 Å². The molecule has 0 saturated heterocycles. The SMILES string of the molecule is CC(CCC1(C(=O)O)CC1)C(=O)O. The Morgan fingerprint density at radius 2 is 1.92 bits per heavy atom. The molecule has 0 spiro atoms. The molecular formula is C9H14O4. The minimum Gasteiger partial charge on any atom is -0.481 e. The first-order valence-corrected chi connectivity index (χ1v) is 4.44. The highest BCUT2D eigenvalue weighted by Crippen LogP contribution is 2.50. The van der Waals surface area contributed by atoms with Crippen LogP contribution in [0.2, 0.25) is 0 Å². The van der Waals surface area contributed by atoms with E-state index in [0.717, 1.165) is 0 Å². The normalized spacial score (nSPS) is 20.7. The Balaban J connectivity index is 2.34. The Hall–Kier alpha value is -1.06. The van der Waals surface area contributed by atoms with Crippen molar-refractivity contribution in [1.82, 2.24) is 0 Å². The van der Waals surface area contributed by atoms with E-state index in [9.17, 15) is 9.59 Å². The minimum absolute atomic E-state index is 0.433. The Labute approximate surface area is 76.6 Å². The Morgan fingerprint density at radius 3 is 2.23 bits per heavy atom. The van der Waals surface area contributed by atoms with E-state index in [1.165, 1.54) is 0 Å². The summed E-state index contributed by atoms with van der Waals surface area (Å²) in [6.45, 7) is 1.61. The molecule has 0 radical (unpaired) electrons. The van der Waals surface area contributed by atoms with Crippen LogP contribution in [0.4, 0.5) is 0 Å². The van der Waals surface area contributed by atoms with E-state index < -0.39 is 23.3 Å². The van der Waals surface area contributed by atoms with Crippen molar-refractivity contribution in [2.75, 3.05) is 0 Å². The van der Waals surface area contributed by atoms with Crippen LogP contribution in [0.1, 0.15) is 32.6 Å². The summed E-state index contributed by atoms with van der Waals surface area (Å²) >= 11 is 0. The Kier molecular flexibility index (Phi) is 2.59. The van der Waals surface area contributed by atoms with Gasteiger partial charge in [-0.3, -0.25) is 9.59 Å². The molecule has 0 aromatic rings. The zero-order valence-electron chi connectivity index (χ0n) is 7.62. The fourth-order valence-corrected chi connectivity index (χ4v) is 1.34. The molecule has 1 aliphatic carbocycles. The lowest BCUT2D eigenvalue weighted by molar-refractivity contribution is -0.145. The molecule has 1 aliphatic rings. The van der Waals surface area contributed by atoms with Gasteiger partial charge in [0.1, 0.15) is 0 Å². The first-order valence-electron chi connectivity index (χ1n) is 4.44. The van der Waals surface area contributed by atoms with Crippen molar-refractivity contribution in [2.45, 2.75) is 32.6 Å². The van der Waals surface area contributed by atoms with Gasteiger partial charge in [0.05, 0.1) is 11.3 Å². The van der Waals surface area contributed by atoms with Crippen molar-refractivity contribution in [3.8, 4) is 0 Å². The summed E-state index contributed by atoms with van der Waals surface area (Å²) in [5, 5.41) is 17.4. The minimum atomic E-state index is -0.846. The zero-order chi connectivity index (χ0) is 10.1. The van der Waals surface area contributed by atoms with Crippen molar-refractivity contribution in [3.63, 3.8) is 0 Å². The number of rotatable bonds is 5. The highest BCUT2D eigenvalue weighted by molar-refractivity contribution is 5.77. The van der Waals surface area contributed by atoms with Gasteiger partial charge in [-0.25, -0.2) is 0 Å². The molecule has 1 rings (SSSR count). The third-order valence-corrected chi connectivity index (χ3v) is 2.78. The van der Waals surface area contributed by atoms with E-state index in [1.54, 1.807) is 6.92 Å². The van der Waals surface area contributed by atoms with Crippen LogP contribution in [0.3, 0.4) is 0 Å². The number of carboxylic acids is 2. The molecule has 0 amide bonds. The molecule has 1 unspecified atom stereocenters. The maximum absolute atomic E-state index is 10.7. The standard InChI is InChI=1S/C9H14O4/c1-6(7(10)11)2-3-9(4-5-9)8(12)13/h6H,2-5H2,1H3,(H,10,11)(H,12,13). The van der Waals surface area contributed by atoms with Gasteiger partial charge in [-0.05, 0) is 25.7 Å². The number of carboxylic acid groups (broad SMARTS) is 2. The molecule has 1 saturated carbocycles. The van der Waals surface area contributed by atoms with Crippen LogP contribution in [-0.4, -0.2) is 22.2 Å². The Bertz CT molecular complexity index is 230. The first kappa shape index (κ1) is 10.0. The lowest BCUT2D eigenvalue weighted by atomic mass is 9.95. The molecule has 0 aliphatic heterocycles. The molecule has 13 heavy (non-hydrogen) atoms. The molecule has 1 fully saturated rings. The molecule has 4 heteroatoms. The molecule has 0 aromatic carbocycles. The van der Waals surface area contributed by atoms with Crippen LogP contribution in [-0.2, 0) is 9.59 Å². The largest absolute Gasteiger partial charge is 0.481 e. The van der Waals surface area contributed by atoms with E-state index >= 15 is 0 Å². The van der Waals surface area contributed by atoms with Gasteiger partial charge in [-0.1, -0.05) is 6.92 Å². The van der Waals surface area contributed by atoms with Gasteiger partial charge in [0, 0.05) is 0 Å². The summed E-state index contributed by atoms with van der Waals surface area (Å²) in [6, 6.07) is 0. The fourth-order valence-electron chi connectivity index (χ4n) is 1.34. The topological polar surface area (TPSA) is 74.6 Å². The van der Waals surface area contributed by atoms with Crippen LogP contribution < -0.4 is 0 Å². The summed E-state index contributed by atoms with van der Waals surface area (Å²) < 4.78 is 0. The second-order valence-corrected chi connectivity index (χ2v) is 3.86. The van der Waals surface area contributed by atoms with Crippen LogP contribution >= 0.6 is 0 Å². The molecule has 4 nitrogen and oxygen atoms in total. The maximum Gasteiger partial charge on any atom is 0.309 e. The van der Waals surface area contributed by atoms with Gasteiger partial charge in [0.2, 0.25) is 0 Å². The van der Waals surface area contributed by atoms with Crippen molar-refractivity contribution >= 4 is 11.9 Å². The maximum atomic E-state index is 10.7. The predicted molar refractivity (Wildman–Crippen MR) is 45.3 cm³/mol. The van der Waals surface area contributed by atoms with E-state index in [0.29, 0.717) is 25.7 Å². The van der Waals surface area contributed by atoms with Crippen LogP contribution in [0.5, 0.6) is 0 Å². The average molecular weight is 186 g/mol. The van der Waals surface area contributed by atoms with Gasteiger partial charge in [0.15, 0.2) is 0 Å². The molecular weight excluding hydrogens is 172 g/mol. The average Bonchev–Trinajstić information content (AvgIpc) is 2.80. The second-order valence-electron chi connectivity index (χ2n) is 3.86. The smallest absolute Gasteiger partial charge is 0.309 e. The number of hydrogen-bond donors (Lipinski definition) is 2. The molecule has 0 bridgehead atoms. The van der Waals surface area contributed by atoms with E-state index in [-0.39, 0.29) is 0 Å². The second kappa shape index (κ2) is 3.36.